The van der Waals surface area contributed by atoms with Gasteiger partial charge in [-0.05, 0) is 54.7 Å². The molecular formula is C32H34Cl2N2O4. The van der Waals surface area contributed by atoms with Crippen molar-refractivity contribution in [3.05, 3.63) is 93.5 Å². The summed E-state index contributed by atoms with van der Waals surface area (Å²) >= 11 is 13.1. The number of carbonyl (C=O) groups excluding carboxylic acids is 2. The third kappa shape index (κ3) is 7.10. The summed E-state index contributed by atoms with van der Waals surface area (Å²) in [5.41, 5.74) is 2.57. The van der Waals surface area contributed by atoms with Crippen LogP contribution in [-0.4, -0.2) is 35.6 Å². The van der Waals surface area contributed by atoms with Gasteiger partial charge in [-0.15, -0.1) is 0 Å². The van der Waals surface area contributed by atoms with E-state index in [-0.39, 0.29) is 37.6 Å². The minimum absolute atomic E-state index is 0.119. The van der Waals surface area contributed by atoms with Gasteiger partial charge in [0.25, 0.3) is 0 Å². The zero-order valence-corrected chi connectivity index (χ0v) is 23.9. The van der Waals surface area contributed by atoms with Gasteiger partial charge in [-0.25, -0.2) is 0 Å². The van der Waals surface area contributed by atoms with Gasteiger partial charge in [-0.3, -0.25) is 9.59 Å². The maximum absolute atomic E-state index is 14.0. The van der Waals surface area contributed by atoms with E-state index in [1.54, 1.807) is 23.1 Å². The normalized spacial score (nSPS) is 15.4. The molecule has 2 amide bonds. The van der Waals surface area contributed by atoms with Crippen molar-refractivity contribution in [1.29, 1.82) is 0 Å². The Morgan fingerprint density at radius 3 is 2.35 bits per heavy atom. The summed E-state index contributed by atoms with van der Waals surface area (Å²) in [5.74, 6) is 1.09. The maximum atomic E-state index is 14.0. The van der Waals surface area contributed by atoms with E-state index in [0.717, 1.165) is 36.8 Å². The lowest BCUT2D eigenvalue weighted by Gasteiger charge is -2.34. The fourth-order valence-electron chi connectivity index (χ4n) is 5.44. The number of fused-ring (bicyclic) bond motifs is 1. The van der Waals surface area contributed by atoms with E-state index in [2.05, 4.69) is 5.32 Å². The molecule has 6 nitrogen and oxygen atoms in total. The van der Waals surface area contributed by atoms with Crippen LogP contribution in [-0.2, 0) is 29.0 Å². The number of halogens is 2. The molecule has 5 rings (SSSR count). The first-order chi connectivity index (χ1) is 19.5. The fourth-order valence-corrected chi connectivity index (χ4v) is 5.96. The smallest absolute Gasteiger partial charge is 0.243 e. The summed E-state index contributed by atoms with van der Waals surface area (Å²) in [6.45, 7) is 0.329. The van der Waals surface area contributed by atoms with Gasteiger partial charge in [-0.2, -0.15) is 0 Å². The molecule has 3 aromatic carbocycles. The molecule has 0 bridgehead atoms. The third-order valence-electron chi connectivity index (χ3n) is 7.68. The summed E-state index contributed by atoms with van der Waals surface area (Å²) in [6.07, 6.45) is 6.39. The molecule has 1 N–H and O–H groups in total. The molecule has 1 atom stereocenters. The Bertz CT molecular complexity index is 1310. The predicted molar refractivity (Wildman–Crippen MR) is 157 cm³/mol. The van der Waals surface area contributed by atoms with Crippen molar-refractivity contribution in [2.24, 2.45) is 0 Å². The average molecular weight is 582 g/mol. The van der Waals surface area contributed by atoms with E-state index in [0.29, 0.717) is 39.9 Å². The summed E-state index contributed by atoms with van der Waals surface area (Å²) < 4.78 is 10.9. The summed E-state index contributed by atoms with van der Waals surface area (Å²) in [4.78, 5) is 29.6. The van der Waals surface area contributed by atoms with Crippen LogP contribution in [0.25, 0.3) is 0 Å². The Morgan fingerprint density at radius 2 is 1.60 bits per heavy atom. The molecule has 0 unspecified atom stereocenters. The molecule has 1 aliphatic heterocycles. The second kappa shape index (κ2) is 13.4. The average Bonchev–Trinajstić information content (AvgIpc) is 3.44. The fraction of sp³-hybridized carbons (Fsp3) is 0.375. The minimum Gasteiger partial charge on any atom is -0.454 e. The first kappa shape index (κ1) is 28.3. The van der Waals surface area contributed by atoms with Crippen LogP contribution in [0.3, 0.4) is 0 Å². The molecule has 0 aromatic heterocycles. The van der Waals surface area contributed by atoms with Crippen LogP contribution in [0.4, 0.5) is 0 Å². The molecule has 3 aromatic rings. The van der Waals surface area contributed by atoms with Crippen LogP contribution in [0.5, 0.6) is 11.5 Å². The number of rotatable bonds is 10. The number of benzene rings is 3. The van der Waals surface area contributed by atoms with Crippen LogP contribution in [0, 0.1) is 0 Å². The number of hydrogen-bond donors (Lipinski definition) is 1. The van der Waals surface area contributed by atoms with E-state index in [9.17, 15) is 9.59 Å². The van der Waals surface area contributed by atoms with Crippen molar-refractivity contribution < 1.29 is 19.1 Å². The molecule has 1 fully saturated rings. The van der Waals surface area contributed by atoms with E-state index < -0.39 is 6.04 Å². The molecule has 40 heavy (non-hydrogen) atoms. The molecule has 1 aliphatic carbocycles. The Balaban J connectivity index is 1.43. The number of amides is 2. The lowest BCUT2D eigenvalue weighted by Crippen LogP contribution is -2.53. The van der Waals surface area contributed by atoms with Crippen LogP contribution < -0.4 is 14.8 Å². The standard InChI is InChI=1S/C32H34Cl2N2O4/c33-26-12-7-13-27(34)25(26)20-36(31(37)17-15-23-14-16-29-30(19-23)40-21-39-29)28(18-22-8-3-1-4-9-22)32(38)35-24-10-5-2-6-11-24/h1,3-4,7-9,12-14,16,19,24,28H,2,5-6,10-11,15,17-18,20-21H2,(H,35,38)/t28-/m0/s1. The highest BCUT2D eigenvalue weighted by molar-refractivity contribution is 6.36. The zero-order valence-electron chi connectivity index (χ0n) is 22.4. The first-order valence-electron chi connectivity index (χ1n) is 13.9. The van der Waals surface area contributed by atoms with Gasteiger partial charge in [-0.1, -0.05) is 84.9 Å². The first-order valence-corrected chi connectivity index (χ1v) is 14.7. The van der Waals surface area contributed by atoms with Crippen molar-refractivity contribution >= 4 is 35.0 Å². The molecule has 8 heteroatoms. The zero-order chi connectivity index (χ0) is 27.9. The second-order valence-corrected chi connectivity index (χ2v) is 11.3. The van der Waals surface area contributed by atoms with Crippen LogP contribution >= 0.6 is 23.2 Å². The molecule has 1 saturated carbocycles. The second-order valence-electron chi connectivity index (χ2n) is 10.5. The Morgan fingerprint density at radius 1 is 0.875 bits per heavy atom. The highest BCUT2D eigenvalue weighted by atomic mass is 35.5. The van der Waals surface area contributed by atoms with Crippen molar-refractivity contribution in [3.63, 3.8) is 0 Å². The molecule has 0 spiro atoms. The number of nitrogens with one attached hydrogen (secondary N) is 1. The largest absolute Gasteiger partial charge is 0.454 e. The molecule has 2 aliphatic rings. The molecule has 210 valence electrons. The Labute approximate surface area is 245 Å². The molecular weight excluding hydrogens is 547 g/mol. The summed E-state index contributed by atoms with van der Waals surface area (Å²) in [5, 5.41) is 4.19. The SMILES string of the molecule is O=C(NC1CCCCC1)[C@H](Cc1ccccc1)N(Cc1c(Cl)cccc1Cl)C(=O)CCc1ccc2c(c1)OCO2. The van der Waals surface area contributed by atoms with Gasteiger partial charge in [0.2, 0.25) is 18.6 Å². The monoisotopic (exact) mass is 580 g/mol. The summed E-state index contributed by atoms with van der Waals surface area (Å²) in [7, 11) is 0. The predicted octanol–water partition coefficient (Wildman–Crippen LogP) is 6.74. The van der Waals surface area contributed by atoms with Gasteiger partial charge in [0.05, 0.1) is 0 Å². The van der Waals surface area contributed by atoms with Gasteiger partial charge >= 0.3 is 0 Å². The van der Waals surface area contributed by atoms with Crippen molar-refractivity contribution in [1.82, 2.24) is 10.2 Å². The Hall–Kier alpha value is -3.22. The van der Waals surface area contributed by atoms with Gasteiger partial charge in [0.1, 0.15) is 6.04 Å². The van der Waals surface area contributed by atoms with Crippen LogP contribution in [0.15, 0.2) is 66.7 Å². The number of aryl methyl sites for hydroxylation is 1. The highest BCUT2D eigenvalue weighted by Crippen LogP contribution is 2.33. The minimum atomic E-state index is -0.721. The van der Waals surface area contributed by atoms with E-state index in [1.165, 1.54) is 6.42 Å². The topological polar surface area (TPSA) is 67.9 Å². The van der Waals surface area contributed by atoms with Crippen LogP contribution in [0.1, 0.15) is 55.2 Å². The lowest BCUT2D eigenvalue weighted by atomic mass is 9.94. The van der Waals surface area contributed by atoms with Gasteiger partial charge in [0.15, 0.2) is 11.5 Å². The number of nitrogens with zero attached hydrogens (tertiary/aromatic N) is 1. The maximum Gasteiger partial charge on any atom is 0.243 e. The lowest BCUT2D eigenvalue weighted by molar-refractivity contribution is -0.141. The van der Waals surface area contributed by atoms with Crippen molar-refractivity contribution in [2.75, 3.05) is 6.79 Å². The van der Waals surface area contributed by atoms with Gasteiger partial charge in [0, 0.05) is 41.0 Å². The van der Waals surface area contributed by atoms with Crippen molar-refractivity contribution in [3.8, 4) is 11.5 Å². The van der Waals surface area contributed by atoms with E-state index in [4.69, 9.17) is 32.7 Å². The Kier molecular flexibility index (Phi) is 9.50. The quantitative estimate of drug-likeness (QED) is 0.288. The van der Waals surface area contributed by atoms with Crippen molar-refractivity contribution in [2.45, 2.75) is 70.0 Å². The van der Waals surface area contributed by atoms with Crippen LogP contribution in [0.2, 0.25) is 10.0 Å². The third-order valence-corrected chi connectivity index (χ3v) is 8.39. The molecule has 0 radical (unpaired) electrons. The van der Waals surface area contributed by atoms with E-state index in [1.807, 2.05) is 48.5 Å². The van der Waals surface area contributed by atoms with E-state index >= 15 is 0 Å². The number of hydrogen-bond acceptors (Lipinski definition) is 4. The van der Waals surface area contributed by atoms with Gasteiger partial charge < -0.3 is 19.7 Å². The highest BCUT2D eigenvalue weighted by Gasteiger charge is 2.32. The number of ether oxygens (including phenoxy) is 2. The summed E-state index contributed by atoms with van der Waals surface area (Å²) in [6, 6.07) is 20.2. The molecule has 0 saturated heterocycles. The number of carbonyl (C=O) groups is 2. The molecule has 1 heterocycles.